The summed E-state index contributed by atoms with van der Waals surface area (Å²) in [5.74, 6) is 0.872. The van der Waals surface area contributed by atoms with E-state index in [2.05, 4.69) is 0 Å². The predicted molar refractivity (Wildman–Crippen MR) is 91.8 cm³/mol. The maximum Gasteiger partial charge on any atom is 0.340 e. The van der Waals surface area contributed by atoms with Gasteiger partial charge in [-0.2, -0.15) is 0 Å². The number of ether oxygens (including phenoxy) is 3. The van der Waals surface area contributed by atoms with Gasteiger partial charge in [-0.05, 0) is 36.6 Å². The molecule has 25 heavy (non-hydrogen) atoms. The minimum absolute atomic E-state index is 0.183. The number of hydrogen-bond acceptors (Lipinski definition) is 5. The second-order valence-electron chi connectivity index (χ2n) is 6.43. The lowest BCUT2D eigenvalue weighted by molar-refractivity contribution is -0.136. The zero-order valence-electron chi connectivity index (χ0n) is 14.8. The van der Waals surface area contributed by atoms with E-state index in [1.165, 1.54) is 7.11 Å². The third-order valence-corrected chi connectivity index (χ3v) is 4.16. The van der Waals surface area contributed by atoms with Gasteiger partial charge in [-0.25, -0.2) is 4.79 Å². The summed E-state index contributed by atoms with van der Waals surface area (Å²) in [7, 11) is 1.32. The Hall–Kier alpha value is -2.76. The lowest BCUT2D eigenvalue weighted by atomic mass is 10.0. The number of carbonyl (C=O) groups is 2. The van der Waals surface area contributed by atoms with Crippen molar-refractivity contribution in [2.45, 2.75) is 20.8 Å². The summed E-state index contributed by atoms with van der Waals surface area (Å²) in [6.07, 6.45) is 1.69. The first-order valence-corrected chi connectivity index (χ1v) is 8.15. The quantitative estimate of drug-likeness (QED) is 0.621. The summed E-state index contributed by atoms with van der Waals surface area (Å²) in [4.78, 5) is 26.8. The van der Waals surface area contributed by atoms with Gasteiger partial charge in [-0.15, -0.1) is 0 Å². The summed E-state index contributed by atoms with van der Waals surface area (Å²) >= 11 is 0. The first-order chi connectivity index (χ1) is 11.9. The van der Waals surface area contributed by atoms with Gasteiger partial charge in [0.05, 0.1) is 18.3 Å². The van der Waals surface area contributed by atoms with Crippen molar-refractivity contribution in [2.24, 2.45) is 5.92 Å². The number of methoxy groups -OCH3 is 1. The summed E-state index contributed by atoms with van der Waals surface area (Å²) in [6, 6.07) is 5.40. The molecule has 0 fully saturated rings. The Morgan fingerprint density at radius 2 is 2.04 bits per heavy atom. The van der Waals surface area contributed by atoms with Crippen LogP contribution < -0.4 is 9.47 Å². The van der Waals surface area contributed by atoms with Crippen molar-refractivity contribution in [3.05, 3.63) is 40.6 Å². The van der Waals surface area contributed by atoms with Crippen molar-refractivity contribution in [1.29, 1.82) is 0 Å². The van der Waals surface area contributed by atoms with E-state index >= 15 is 0 Å². The largest absolute Gasteiger partial charge is 0.465 e. The molecule has 0 unspecified atom stereocenters. The zero-order valence-corrected chi connectivity index (χ0v) is 14.8. The van der Waals surface area contributed by atoms with E-state index in [4.69, 9.17) is 14.2 Å². The third-order valence-electron chi connectivity index (χ3n) is 4.16. The zero-order chi connectivity index (χ0) is 18.1. The van der Waals surface area contributed by atoms with Crippen LogP contribution in [0.25, 0.3) is 6.08 Å². The molecule has 0 N–H and O–H groups in total. The molecule has 1 amide bonds. The van der Waals surface area contributed by atoms with E-state index in [-0.39, 0.29) is 18.6 Å². The Labute approximate surface area is 146 Å². The molecule has 0 aromatic heterocycles. The molecule has 6 nitrogen and oxygen atoms in total. The maximum absolute atomic E-state index is 12.9. The summed E-state index contributed by atoms with van der Waals surface area (Å²) in [5, 5.41) is 0. The number of benzene rings is 1. The number of rotatable bonds is 4. The highest BCUT2D eigenvalue weighted by Crippen LogP contribution is 2.36. The molecule has 2 aliphatic rings. The molecule has 0 spiro atoms. The Bertz CT molecular complexity index is 791. The normalized spacial score (nSPS) is 17.9. The molecule has 3 rings (SSSR count). The molecule has 2 aliphatic heterocycles. The van der Waals surface area contributed by atoms with Crippen molar-refractivity contribution < 1.29 is 23.8 Å². The van der Waals surface area contributed by atoms with Gasteiger partial charge in [0.25, 0.3) is 5.91 Å². The van der Waals surface area contributed by atoms with E-state index < -0.39 is 5.97 Å². The van der Waals surface area contributed by atoms with Crippen LogP contribution in [0.5, 0.6) is 11.5 Å². The van der Waals surface area contributed by atoms with E-state index in [1.54, 1.807) is 30.0 Å². The summed E-state index contributed by atoms with van der Waals surface area (Å²) in [6.45, 7) is 6.55. The highest BCUT2D eigenvalue weighted by atomic mass is 16.7. The first-order valence-electron chi connectivity index (χ1n) is 8.15. The van der Waals surface area contributed by atoms with Crippen molar-refractivity contribution >= 4 is 18.0 Å². The van der Waals surface area contributed by atoms with Gasteiger partial charge in [0, 0.05) is 12.2 Å². The number of hydrogen-bond donors (Lipinski definition) is 0. The number of nitrogens with zero attached hydrogens (tertiary/aromatic N) is 1. The minimum atomic E-state index is -0.510. The molecule has 1 aromatic carbocycles. The summed E-state index contributed by atoms with van der Waals surface area (Å²) < 4.78 is 15.6. The molecule has 2 heterocycles. The van der Waals surface area contributed by atoms with Gasteiger partial charge in [0.15, 0.2) is 11.5 Å². The standard InChI is InChI=1S/C19H21NO5/c1-11(2)9-20-12(3)17(19(22)23-4)14(18(20)21)7-13-5-6-15-16(8-13)25-10-24-15/h5-8,11H,9-10H2,1-4H3/b14-7-. The van der Waals surface area contributed by atoms with Crippen LogP contribution in [0.2, 0.25) is 0 Å². The molecule has 0 radical (unpaired) electrons. The monoisotopic (exact) mass is 343 g/mol. The van der Waals surface area contributed by atoms with Gasteiger partial charge < -0.3 is 19.1 Å². The molecule has 0 saturated carbocycles. The lowest BCUT2D eigenvalue weighted by Gasteiger charge is -2.19. The fourth-order valence-electron chi connectivity index (χ4n) is 2.98. The van der Waals surface area contributed by atoms with Crippen molar-refractivity contribution in [3.63, 3.8) is 0 Å². The van der Waals surface area contributed by atoms with E-state index in [1.807, 2.05) is 19.9 Å². The highest BCUT2D eigenvalue weighted by molar-refractivity contribution is 6.16. The number of amides is 1. The van der Waals surface area contributed by atoms with Gasteiger partial charge in [-0.3, -0.25) is 4.79 Å². The van der Waals surface area contributed by atoms with E-state index in [0.29, 0.717) is 34.9 Å². The fraction of sp³-hybridized carbons (Fsp3) is 0.368. The van der Waals surface area contributed by atoms with Crippen molar-refractivity contribution in [3.8, 4) is 11.5 Å². The molecule has 6 heteroatoms. The van der Waals surface area contributed by atoms with Gasteiger partial charge in [-0.1, -0.05) is 19.9 Å². The Kier molecular flexibility index (Phi) is 4.53. The lowest BCUT2D eigenvalue weighted by Crippen LogP contribution is -2.28. The van der Waals surface area contributed by atoms with Crippen LogP contribution in [-0.2, 0) is 14.3 Å². The van der Waals surface area contributed by atoms with Crippen LogP contribution >= 0.6 is 0 Å². The van der Waals surface area contributed by atoms with Crippen LogP contribution in [0, 0.1) is 5.92 Å². The average molecular weight is 343 g/mol. The molecule has 0 bridgehead atoms. The fourth-order valence-corrected chi connectivity index (χ4v) is 2.98. The minimum Gasteiger partial charge on any atom is -0.465 e. The smallest absolute Gasteiger partial charge is 0.340 e. The highest BCUT2D eigenvalue weighted by Gasteiger charge is 2.37. The molecule has 0 atom stereocenters. The second kappa shape index (κ2) is 6.63. The Morgan fingerprint density at radius 1 is 1.32 bits per heavy atom. The SMILES string of the molecule is COC(=O)C1=C(C)N(CC(C)C)C(=O)/C1=C\c1ccc2c(c1)OCO2. The van der Waals surface area contributed by atoms with E-state index in [0.717, 1.165) is 5.56 Å². The molecule has 0 saturated heterocycles. The number of allylic oxidation sites excluding steroid dienone is 1. The predicted octanol–water partition coefficient (Wildman–Crippen LogP) is 2.74. The van der Waals surface area contributed by atoms with Crippen LogP contribution in [-0.4, -0.2) is 37.2 Å². The van der Waals surface area contributed by atoms with Crippen LogP contribution in [0.3, 0.4) is 0 Å². The molecular formula is C19H21NO5. The third kappa shape index (κ3) is 3.12. The number of carbonyl (C=O) groups excluding carboxylic acids is 2. The van der Waals surface area contributed by atoms with Gasteiger partial charge in [0.1, 0.15) is 0 Å². The molecular weight excluding hydrogens is 322 g/mol. The van der Waals surface area contributed by atoms with Crippen LogP contribution in [0.4, 0.5) is 0 Å². The van der Waals surface area contributed by atoms with Crippen molar-refractivity contribution in [2.75, 3.05) is 20.4 Å². The molecule has 1 aromatic rings. The number of esters is 1. The van der Waals surface area contributed by atoms with Crippen LogP contribution in [0.15, 0.2) is 35.0 Å². The first kappa shape index (κ1) is 17.1. The molecule has 0 aliphatic carbocycles. The maximum atomic E-state index is 12.9. The number of fused-ring (bicyclic) bond motifs is 1. The van der Waals surface area contributed by atoms with E-state index in [9.17, 15) is 9.59 Å². The Morgan fingerprint density at radius 3 is 2.72 bits per heavy atom. The summed E-state index contributed by atoms with van der Waals surface area (Å²) in [5.41, 5.74) is 2.03. The second-order valence-corrected chi connectivity index (χ2v) is 6.43. The van der Waals surface area contributed by atoms with Gasteiger partial charge >= 0.3 is 5.97 Å². The topological polar surface area (TPSA) is 65.1 Å². The van der Waals surface area contributed by atoms with Crippen molar-refractivity contribution in [1.82, 2.24) is 4.90 Å². The average Bonchev–Trinajstić information content (AvgIpc) is 3.12. The van der Waals surface area contributed by atoms with Gasteiger partial charge in [0.2, 0.25) is 6.79 Å². The Balaban J connectivity index is 2.03. The van der Waals surface area contributed by atoms with Crippen LogP contribution in [0.1, 0.15) is 26.3 Å². The molecule has 132 valence electrons.